The van der Waals surface area contributed by atoms with Crippen LogP contribution in [0.3, 0.4) is 0 Å². The van der Waals surface area contributed by atoms with Crippen molar-refractivity contribution in [1.29, 1.82) is 0 Å². The van der Waals surface area contributed by atoms with Gasteiger partial charge < -0.3 is 10.5 Å². The zero-order chi connectivity index (χ0) is 12.9. The Morgan fingerprint density at radius 3 is 2.18 bits per heavy atom. The predicted octanol–water partition coefficient (Wildman–Crippen LogP) is 0.766. The van der Waals surface area contributed by atoms with Crippen LogP contribution in [0.5, 0.6) is 0 Å². The lowest BCUT2D eigenvalue weighted by molar-refractivity contribution is -0.0209. The van der Waals surface area contributed by atoms with Crippen molar-refractivity contribution in [1.82, 2.24) is 9.80 Å². The molecule has 1 heterocycles. The van der Waals surface area contributed by atoms with E-state index in [-0.39, 0.29) is 5.54 Å². The molecular formula is C13H29N3O. The second-order valence-electron chi connectivity index (χ2n) is 5.33. The van der Waals surface area contributed by atoms with Crippen molar-refractivity contribution in [3.63, 3.8) is 0 Å². The fourth-order valence-corrected chi connectivity index (χ4v) is 2.73. The maximum Gasteiger partial charge on any atom is 0.0658 e. The van der Waals surface area contributed by atoms with E-state index in [9.17, 15) is 0 Å². The summed E-state index contributed by atoms with van der Waals surface area (Å²) in [7, 11) is 1.77. The molecule has 1 rings (SSSR count). The Hall–Kier alpha value is -0.160. The molecule has 102 valence electrons. The molecule has 2 N–H and O–H groups in total. The average molecular weight is 243 g/mol. The van der Waals surface area contributed by atoms with E-state index >= 15 is 0 Å². The zero-order valence-corrected chi connectivity index (χ0v) is 11.9. The van der Waals surface area contributed by atoms with Crippen LogP contribution in [0.15, 0.2) is 0 Å². The Kier molecular flexibility index (Phi) is 5.86. The van der Waals surface area contributed by atoms with Crippen LogP contribution in [0.4, 0.5) is 0 Å². The molecule has 1 aliphatic rings. The lowest BCUT2D eigenvalue weighted by atomic mass is 9.93. The molecule has 0 spiro atoms. The van der Waals surface area contributed by atoms with Crippen LogP contribution in [0, 0.1) is 0 Å². The highest BCUT2D eigenvalue weighted by Gasteiger charge is 2.36. The van der Waals surface area contributed by atoms with Crippen molar-refractivity contribution in [2.24, 2.45) is 5.73 Å². The third-order valence-electron chi connectivity index (χ3n) is 4.17. The van der Waals surface area contributed by atoms with Gasteiger partial charge in [0.2, 0.25) is 0 Å². The lowest BCUT2D eigenvalue weighted by Crippen LogP contribution is -2.62. The average Bonchev–Trinajstić information content (AvgIpc) is 2.36. The van der Waals surface area contributed by atoms with Crippen molar-refractivity contribution in [3.05, 3.63) is 0 Å². The summed E-state index contributed by atoms with van der Waals surface area (Å²) in [6, 6.07) is 0.647. The SMILES string of the molecule is CCC(CN)(COC)N1CCN(C(C)C)CC1. The maximum atomic E-state index is 5.99. The number of ether oxygens (including phenoxy) is 1. The molecule has 1 aliphatic heterocycles. The molecule has 0 aromatic heterocycles. The van der Waals surface area contributed by atoms with Gasteiger partial charge in [-0.05, 0) is 20.3 Å². The van der Waals surface area contributed by atoms with Crippen LogP contribution < -0.4 is 5.73 Å². The number of hydrogen-bond acceptors (Lipinski definition) is 4. The van der Waals surface area contributed by atoms with Gasteiger partial charge in [-0.2, -0.15) is 0 Å². The van der Waals surface area contributed by atoms with Gasteiger partial charge in [-0.25, -0.2) is 0 Å². The molecule has 0 saturated carbocycles. The van der Waals surface area contributed by atoms with E-state index < -0.39 is 0 Å². The molecule has 1 fully saturated rings. The van der Waals surface area contributed by atoms with Crippen LogP contribution in [0.1, 0.15) is 27.2 Å². The molecule has 1 unspecified atom stereocenters. The molecule has 1 saturated heterocycles. The van der Waals surface area contributed by atoms with Crippen molar-refractivity contribution < 1.29 is 4.74 Å². The van der Waals surface area contributed by atoms with Gasteiger partial charge in [0.05, 0.1) is 12.1 Å². The monoisotopic (exact) mass is 243 g/mol. The highest BCUT2D eigenvalue weighted by molar-refractivity contribution is 4.93. The second kappa shape index (κ2) is 6.69. The van der Waals surface area contributed by atoms with E-state index in [1.54, 1.807) is 7.11 Å². The Morgan fingerprint density at radius 1 is 1.24 bits per heavy atom. The number of hydrogen-bond donors (Lipinski definition) is 1. The van der Waals surface area contributed by atoms with E-state index in [0.29, 0.717) is 12.6 Å². The molecule has 1 atom stereocenters. The lowest BCUT2D eigenvalue weighted by Gasteiger charge is -2.47. The van der Waals surface area contributed by atoms with E-state index in [1.165, 1.54) is 0 Å². The van der Waals surface area contributed by atoms with E-state index in [0.717, 1.165) is 39.2 Å². The summed E-state index contributed by atoms with van der Waals surface area (Å²) < 4.78 is 5.38. The van der Waals surface area contributed by atoms with E-state index in [1.807, 2.05) is 0 Å². The molecule has 0 aliphatic carbocycles. The molecule has 4 heteroatoms. The summed E-state index contributed by atoms with van der Waals surface area (Å²) in [6.07, 6.45) is 1.05. The Labute approximate surface area is 106 Å². The molecule has 4 nitrogen and oxygen atoms in total. The van der Waals surface area contributed by atoms with Crippen molar-refractivity contribution in [2.45, 2.75) is 38.8 Å². The van der Waals surface area contributed by atoms with Crippen LogP contribution in [-0.2, 0) is 4.74 Å². The van der Waals surface area contributed by atoms with E-state index in [2.05, 4.69) is 30.6 Å². The highest BCUT2D eigenvalue weighted by atomic mass is 16.5. The first-order valence-electron chi connectivity index (χ1n) is 6.77. The first-order valence-corrected chi connectivity index (χ1v) is 6.77. The fraction of sp³-hybridized carbons (Fsp3) is 1.00. The number of piperazine rings is 1. The summed E-state index contributed by atoms with van der Waals surface area (Å²) in [5.41, 5.74) is 6.03. The molecule has 0 amide bonds. The Bertz CT molecular complexity index is 209. The standard InChI is InChI=1S/C13H29N3O/c1-5-13(10-14,11-17-4)16-8-6-15(7-9-16)12(2)3/h12H,5-11,14H2,1-4H3. The first kappa shape index (κ1) is 14.9. The van der Waals surface area contributed by atoms with Crippen molar-refractivity contribution in [2.75, 3.05) is 46.4 Å². The number of nitrogens with two attached hydrogens (primary N) is 1. The summed E-state index contributed by atoms with van der Waals surface area (Å²) in [6.45, 7) is 12.6. The van der Waals surface area contributed by atoms with Gasteiger partial charge in [-0.15, -0.1) is 0 Å². The van der Waals surface area contributed by atoms with Gasteiger partial charge in [-0.1, -0.05) is 6.92 Å². The summed E-state index contributed by atoms with van der Waals surface area (Å²) in [5.74, 6) is 0. The van der Waals surface area contributed by atoms with Crippen LogP contribution >= 0.6 is 0 Å². The smallest absolute Gasteiger partial charge is 0.0658 e. The Morgan fingerprint density at radius 2 is 1.82 bits per heavy atom. The minimum Gasteiger partial charge on any atom is -0.383 e. The zero-order valence-electron chi connectivity index (χ0n) is 11.9. The van der Waals surface area contributed by atoms with Crippen molar-refractivity contribution in [3.8, 4) is 0 Å². The molecule has 17 heavy (non-hydrogen) atoms. The normalized spacial score (nSPS) is 22.9. The fourth-order valence-electron chi connectivity index (χ4n) is 2.73. The van der Waals surface area contributed by atoms with Gasteiger partial charge in [0.15, 0.2) is 0 Å². The summed E-state index contributed by atoms with van der Waals surface area (Å²) >= 11 is 0. The van der Waals surface area contributed by atoms with Gasteiger partial charge in [0.25, 0.3) is 0 Å². The summed E-state index contributed by atoms with van der Waals surface area (Å²) in [5, 5.41) is 0. The minimum absolute atomic E-state index is 0.0395. The van der Waals surface area contributed by atoms with Crippen LogP contribution in [0.2, 0.25) is 0 Å². The predicted molar refractivity (Wildman–Crippen MR) is 72.2 cm³/mol. The highest BCUT2D eigenvalue weighted by Crippen LogP contribution is 2.21. The van der Waals surface area contributed by atoms with Gasteiger partial charge in [0, 0.05) is 45.9 Å². The number of methoxy groups -OCH3 is 1. The second-order valence-corrected chi connectivity index (χ2v) is 5.33. The van der Waals surface area contributed by atoms with Crippen LogP contribution in [-0.4, -0.2) is 67.8 Å². The number of nitrogens with zero attached hydrogens (tertiary/aromatic N) is 2. The quantitative estimate of drug-likeness (QED) is 0.748. The maximum absolute atomic E-state index is 5.99. The minimum atomic E-state index is 0.0395. The topological polar surface area (TPSA) is 41.7 Å². The largest absolute Gasteiger partial charge is 0.383 e. The van der Waals surface area contributed by atoms with Gasteiger partial charge >= 0.3 is 0 Å². The molecule has 0 bridgehead atoms. The molecule has 0 radical (unpaired) electrons. The Balaban J connectivity index is 2.60. The van der Waals surface area contributed by atoms with Crippen LogP contribution in [0.25, 0.3) is 0 Å². The number of rotatable bonds is 6. The molecule has 0 aromatic carbocycles. The summed E-state index contributed by atoms with van der Waals surface area (Å²) in [4.78, 5) is 5.05. The first-order chi connectivity index (χ1) is 8.09. The van der Waals surface area contributed by atoms with E-state index in [4.69, 9.17) is 10.5 Å². The van der Waals surface area contributed by atoms with Crippen molar-refractivity contribution >= 4 is 0 Å². The third-order valence-corrected chi connectivity index (χ3v) is 4.17. The van der Waals surface area contributed by atoms with Gasteiger partial charge in [-0.3, -0.25) is 9.80 Å². The molecular weight excluding hydrogens is 214 g/mol. The molecule has 0 aromatic rings. The van der Waals surface area contributed by atoms with Gasteiger partial charge in [0.1, 0.15) is 0 Å². The third kappa shape index (κ3) is 3.41.